The van der Waals surface area contributed by atoms with E-state index in [4.69, 9.17) is 0 Å². The molecule has 2 rings (SSSR count). The monoisotopic (exact) mass is 306 g/mol. The predicted molar refractivity (Wildman–Crippen MR) is 73.7 cm³/mol. The first-order valence-corrected chi connectivity index (χ1v) is 6.05. The molecule has 0 aliphatic rings. The van der Waals surface area contributed by atoms with Crippen LogP contribution in [0.5, 0.6) is 0 Å². The second-order valence-electron chi connectivity index (χ2n) is 3.47. The summed E-state index contributed by atoms with van der Waals surface area (Å²) in [6.45, 7) is 0. The number of carbonyl (C=O) groups is 1. The number of amides is 1. The van der Waals surface area contributed by atoms with Gasteiger partial charge in [-0.25, -0.2) is 9.97 Å². The normalized spacial score (nSPS) is 9.89. The van der Waals surface area contributed by atoms with Crippen molar-refractivity contribution in [3.05, 3.63) is 46.8 Å². The fourth-order valence-electron chi connectivity index (χ4n) is 1.46. The number of benzene rings is 1. The lowest BCUT2D eigenvalue weighted by Gasteiger charge is -2.08. The average Bonchev–Trinajstić information content (AvgIpc) is 2.41. The Bertz CT molecular complexity index is 556. The molecule has 2 aromatic rings. The number of carbonyl (C=O) groups excluding carboxylic acids is 1. The fraction of sp³-hybridized carbons (Fsp3) is 0.0833. The van der Waals surface area contributed by atoms with Gasteiger partial charge in [-0.15, -0.1) is 0 Å². The van der Waals surface area contributed by atoms with Crippen LogP contribution in [0, 0.1) is 0 Å². The SMILES string of the molecule is CNc1ccccc1C(=O)Nc1cnc(Br)cn1. The zero-order valence-electron chi connectivity index (χ0n) is 9.64. The number of para-hydroxylation sites is 1. The third-order valence-corrected chi connectivity index (χ3v) is 2.71. The van der Waals surface area contributed by atoms with Crippen molar-refractivity contribution in [3.8, 4) is 0 Å². The van der Waals surface area contributed by atoms with Gasteiger partial charge in [-0.1, -0.05) is 12.1 Å². The lowest BCUT2D eigenvalue weighted by Crippen LogP contribution is -2.14. The van der Waals surface area contributed by atoms with Gasteiger partial charge in [0, 0.05) is 12.7 Å². The maximum absolute atomic E-state index is 12.0. The zero-order valence-corrected chi connectivity index (χ0v) is 11.2. The first-order valence-electron chi connectivity index (χ1n) is 5.26. The Hall–Kier alpha value is -1.95. The van der Waals surface area contributed by atoms with Crippen molar-refractivity contribution in [1.82, 2.24) is 9.97 Å². The maximum Gasteiger partial charge on any atom is 0.258 e. The van der Waals surface area contributed by atoms with Gasteiger partial charge in [0.15, 0.2) is 5.82 Å². The topological polar surface area (TPSA) is 66.9 Å². The van der Waals surface area contributed by atoms with Crippen LogP contribution in [-0.2, 0) is 0 Å². The highest BCUT2D eigenvalue weighted by molar-refractivity contribution is 9.10. The Kier molecular flexibility index (Phi) is 3.88. The highest BCUT2D eigenvalue weighted by Crippen LogP contribution is 2.16. The molecule has 2 N–H and O–H groups in total. The smallest absolute Gasteiger partial charge is 0.258 e. The van der Waals surface area contributed by atoms with Crippen LogP contribution in [-0.4, -0.2) is 22.9 Å². The van der Waals surface area contributed by atoms with Gasteiger partial charge in [0.1, 0.15) is 4.60 Å². The highest BCUT2D eigenvalue weighted by atomic mass is 79.9. The van der Waals surface area contributed by atoms with Gasteiger partial charge in [0.2, 0.25) is 0 Å². The second-order valence-corrected chi connectivity index (χ2v) is 4.29. The van der Waals surface area contributed by atoms with E-state index in [-0.39, 0.29) is 5.91 Å². The van der Waals surface area contributed by atoms with E-state index in [0.29, 0.717) is 16.0 Å². The predicted octanol–water partition coefficient (Wildman–Crippen LogP) is 2.53. The quantitative estimate of drug-likeness (QED) is 0.914. The van der Waals surface area contributed by atoms with Gasteiger partial charge in [0.05, 0.1) is 18.0 Å². The van der Waals surface area contributed by atoms with Crippen LogP contribution >= 0.6 is 15.9 Å². The summed E-state index contributed by atoms with van der Waals surface area (Å²) in [4.78, 5) is 20.1. The van der Waals surface area contributed by atoms with Crippen molar-refractivity contribution in [2.24, 2.45) is 0 Å². The Morgan fingerprint density at radius 1 is 1.22 bits per heavy atom. The molecule has 1 aromatic heterocycles. The summed E-state index contributed by atoms with van der Waals surface area (Å²) in [5.41, 5.74) is 1.32. The van der Waals surface area contributed by atoms with Crippen molar-refractivity contribution in [2.45, 2.75) is 0 Å². The summed E-state index contributed by atoms with van der Waals surface area (Å²) in [5.74, 6) is 0.186. The molecule has 92 valence electrons. The van der Waals surface area contributed by atoms with Gasteiger partial charge in [0.25, 0.3) is 5.91 Å². The van der Waals surface area contributed by atoms with Crippen LogP contribution in [0.1, 0.15) is 10.4 Å². The van der Waals surface area contributed by atoms with Gasteiger partial charge in [-0.3, -0.25) is 4.79 Å². The van der Waals surface area contributed by atoms with Crippen molar-refractivity contribution in [2.75, 3.05) is 17.7 Å². The van der Waals surface area contributed by atoms with Crippen LogP contribution < -0.4 is 10.6 Å². The first kappa shape index (κ1) is 12.5. The lowest BCUT2D eigenvalue weighted by atomic mass is 10.1. The molecule has 0 atom stereocenters. The number of nitrogens with one attached hydrogen (secondary N) is 2. The summed E-state index contributed by atoms with van der Waals surface area (Å²) in [6.07, 6.45) is 3.02. The highest BCUT2D eigenvalue weighted by Gasteiger charge is 2.10. The molecule has 0 fully saturated rings. The molecular weight excluding hydrogens is 296 g/mol. The lowest BCUT2D eigenvalue weighted by molar-refractivity contribution is 0.102. The Morgan fingerprint density at radius 2 is 2.00 bits per heavy atom. The Labute approximate surface area is 113 Å². The molecule has 0 spiro atoms. The molecular formula is C12H11BrN4O. The maximum atomic E-state index is 12.0. The second kappa shape index (κ2) is 5.59. The van der Waals surface area contributed by atoms with Crippen LogP contribution in [0.2, 0.25) is 0 Å². The number of halogens is 1. The summed E-state index contributed by atoms with van der Waals surface area (Å²) >= 11 is 3.18. The molecule has 1 heterocycles. The number of aromatic nitrogens is 2. The standard InChI is InChI=1S/C12H11BrN4O/c1-14-9-5-3-2-4-8(9)12(18)17-11-7-15-10(13)6-16-11/h2-7,14H,1H3,(H,16,17,18). The van der Waals surface area contributed by atoms with E-state index in [1.54, 1.807) is 13.1 Å². The zero-order chi connectivity index (χ0) is 13.0. The van der Waals surface area contributed by atoms with Crippen molar-refractivity contribution in [1.29, 1.82) is 0 Å². The van der Waals surface area contributed by atoms with Crippen LogP contribution in [0.4, 0.5) is 11.5 Å². The number of anilines is 2. The van der Waals surface area contributed by atoms with Crippen LogP contribution in [0.3, 0.4) is 0 Å². The summed E-state index contributed by atoms with van der Waals surface area (Å²) in [5, 5.41) is 5.65. The van der Waals surface area contributed by atoms with E-state index < -0.39 is 0 Å². The van der Waals surface area contributed by atoms with E-state index in [1.165, 1.54) is 12.4 Å². The van der Waals surface area contributed by atoms with Gasteiger partial charge < -0.3 is 10.6 Å². The minimum Gasteiger partial charge on any atom is -0.387 e. The molecule has 1 amide bonds. The molecule has 18 heavy (non-hydrogen) atoms. The van der Waals surface area contributed by atoms with Crippen molar-refractivity contribution < 1.29 is 4.79 Å². The third kappa shape index (κ3) is 2.84. The fourth-order valence-corrected chi connectivity index (χ4v) is 1.66. The molecule has 0 saturated carbocycles. The van der Waals surface area contributed by atoms with Gasteiger partial charge >= 0.3 is 0 Å². The van der Waals surface area contributed by atoms with E-state index in [1.807, 2.05) is 18.2 Å². The summed E-state index contributed by atoms with van der Waals surface area (Å²) in [7, 11) is 1.77. The van der Waals surface area contributed by atoms with E-state index in [9.17, 15) is 4.79 Å². The van der Waals surface area contributed by atoms with E-state index in [2.05, 4.69) is 36.5 Å². The molecule has 5 nitrogen and oxygen atoms in total. The minimum atomic E-state index is -0.225. The molecule has 1 aromatic carbocycles. The molecule has 6 heteroatoms. The van der Waals surface area contributed by atoms with Crippen molar-refractivity contribution >= 4 is 33.3 Å². The third-order valence-electron chi connectivity index (χ3n) is 2.30. The van der Waals surface area contributed by atoms with Crippen LogP contribution in [0.15, 0.2) is 41.3 Å². The Morgan fingerprint density at radius 3 is 2.67 bits per heavy atom. The Balaban J connectivity index is 2.19. The summed E-state index contributed by atoms with van der Waals surface area (Å²) in [6, 6.07) is 7.25. The van der Waals surface area contributed by atoms with Gasteiger partial charge in [-0.05, 0) is 28.1 Å². The van der Waals surface area contributed by atoms with Crippen molar-refractivity contribution in [3.63, 3.8) is 0 Å². The number of rotatable bonds is 3. The molecule has 0 radical (unpaired) electrons. The number of hydrogen-bond acceptors (Lipinski definition) is 4. The number of nitrogens with zero attached hydrogens (tertiary/aromatic N) is 2. The molecule has 0 saturated heterocycles. The molecule has 0 unspecified atom stereocenters. The molecule has 0 bridgehead atoms. The first-order chi connectivity index (χ1) is 8.70. The number of hydrogen-bond donors (Lipinski definition) is 2. The van der Waals surface area contributed by atoms with Crippen LogP contribution in [0.25, 0.3) is 0 Å². The van der Waals surface area contributed by atoms with E-state index >= 15 is 0 Å². The average molecular weight is 307 g/mol. The van der Waals surface area contributed by atoms with E-state index in [0.717, 1.165) is 5.69 Å². The largest absolute Gasteiger partial charge is 0.387 e. The molecule has 0 aliphatic carbocycles. The van der Waals surface area contributed by atoms with Gasteiger partial charge in [-0.2, -0.15) is 0 Å². The molecule has 0 aliphatic heterocycles. The minimum absolute atomic E-state index is 0.225. The summed E-state index contributed by atoms with van der Waals surface area (Å²) < 4.78 is 0.621.